The number of para-hydroxylation sites is 1. The number of hydrogen-bond donors (Lipinski definition) is 1. The van der Waals surface area contributed by atoms with Crippen LogP contribution in [0.2, 0.25) is 0 Å². The fourth-order valence-electron chi connectivity index (χ4n) is 2.67. The molecule has 0 aliphatic heterocycles. The van der Waals surface area contributed by atoms with Crippen molar-refractivity contribution in [3.63, 3.8) is 0 Å². The third-order valence-electron chi connectivity index (χ3n) is 3.62. The summed E-state index contributed by atoms with van der Waals surface area (Å²) in [6.07, 6.45) is 2.03. The number of nitrogens with zero attached hydrogens (tertiary/aromatic N) is 2. The molecule has 0 bridgehead atoms. The van der Waals surface area contributed by atoms with Gasteiger partial charge in [-0.05, 0) is 32.4 Å². The quantitative estimate of drug-likeness (QED) is 0.805. The number of fused-ring (bicyclic) bond motifs is 1. The van der Waals surface area contributed by atoms with Crippen molar-refractivity contribution in [1.29, 1.82) is 0 Å². The smallest absolute Gasteiger partial charge is 0.0703 e. The van der Waals surface area contributed by atoms with E-state index in [9.17, 15) is 0 Å². The lowest BCUT2D eigenvalue weighted by Gasteiger charge is -2.16. The zero-order chi connectivity index (χ0) is 14.4. The maximum atomic E-state index is 5.27. The van der Waals surface area contributed by atoms with E-state index < -0.39 is 0 Å². The number of aromatic nitrogens is 2. The molecule has 0 aliphatic rings. The maximum absolute atomic E-state index is 5.27. The average Bonchev–Trinajstić information content (AvgIpc) is 2.83. The van der Waals surface area contributed by atoms with Crippen molar-refractivity contribution >= 4 is 10.9 Å². The zero-order valence-electron chi connectivity index (χ0n) is 12.7. The number of likely N-dealkylation sites (N-methyl/N-ethyl adjacent to an activating group) is 1. The Labute approximate surface area is 121 Å². The van der Waals surface area contributed by atoms with Crippen LogP contribution in [0.5, 0.6) is 0 Å². The number of nitrogens with one attached hydrogen (secondary N) is 1. The second-order valence-electron chi connectivity index (χ2n) is 5.03. The topological polar surface area (TPSA) is 39.1 Å². The molecular weight excluding hydrogens is 250 g/mol. The first-order valence-electron chi connectivity index (χ1n) is 7.46. The van der Waals surface area contributed by atoms with Gasteiger partial charge in [0.05, 0.1) is 17.8 Å². The summed E-state index contributed by atoms with van der Waals surface area (Å²) < 4.78 is 7.36. The van der Waals surface area contributed by atoms with Crippen molar-refractivity contribution < 1.29 is 4.74 Å². The van der Waals surface area contributed by atoms with Gasteiger partial charge in [0.1, 0.15) is 0 Å². The lowest BCUT2D eigenvalue weighted by Crippen LogP contribution is -2.33. The van der Waals surface area contributed by atoms with Crippen LogP contribution in [0.1, 0.15) is 26.0 Å². The van der Waals surface area contributed by atoms with E-state index in [1.807, 2.05) is 0 Å². The largest absolute Gasteiger partial charge is 0.383 e. The monoisotopic (exact) mass is 275 g/mol. The molecule has 1 N–H and O–H groups in total. The van der Waals surface area contributed by atoms with Crippen molar-refractivity contribution in [2.75, 3.05) is 20.3 Å². The van der Waals surface area contributed by atoms with Gasteiger partial charge in [-0.2, -0.15) is 5.10 Å². The molecule has 0 fully saturated rings. The van der Waals surface area contributed by atoms with E-state index in [0.717, 1.165) is 32.5 Å². The van der Waals surface area contributed by atoms with Crippen LogP contribution in [0, 0.1) is 0 Å². The van der Waals surface area contributed by atoms with Crippen LogP contribution in [-0.4, -0.2) is 36.1 Å². The highest BCUT2D eigenvalue weighted by Gasteiger charge is 2.12. The van der Waals surface area contributed by atoms with E-state index in [4.69, 9.17) is 9.84 Å². The van der Waals surface area contributed by atoms with Crippen molar-refractivity contribution in [3.8, 4) is 0 Å². The highest BCUT2D eigenvalue weighted by atomic mass is 16.5. The Balaban J connectivity index is 2.12. The van der Waals surface area contributed by atoms with Crippen LogP contribution < -0.4 is 5.32 Å². The van der Waals surface area contributed by atoms with Gasteiger partial charge in [-0.25, -0.2) is 0 Å². The predicted molar refractivity (Wildman–Crippen MR) is 83.1 cm³/mol. The van der Waals surface area contributed by atoms with Gasteiger partial charge in [0.2, 0.25) is 0 Å². The first-order valence-corrected chi connectivity index (χ1v) is 7.46. The van der Waals surface area contributed by atoms with Crippen LogP contribution in [-0.2, 0) is 17.7 Å². The Hall–Kier alpha value is -1.39. The van der Waals surface area contributed by atoms with Gasteiger partial charge in [-0.1, -0.05) is 25.1 Å². The van der Waals surface area contributed by atoms with E-state index >= 15 is 0 Å². The molecule has 1 atom stereocenters. The minimum absolute atomic E-state index is 0.399. The SMILES string of the molecule is CCNC(CCc1nn(CC)c2ccccc12)COC. The minimum atomic E-state index is 0.399. The van der Waals surface area contributed by atoms with Crippen LogP contribution >= 0.6 is 0 Å². The summed E-state index contributed by atoms with van der Waals surface area (Å²) in [5, 5.41) is 9.49. The first-order chi connectivity index (χ1) is 9.80. The summed E-state index contributed by atoms with van der Waals surface area (Å²) >= 11 is 0. The number of rotatable bonds is 8. The van der Waals surface area contributed by atoms with E-state index in [1.54, 1.807) is 7.11 Å². The molecule has 1 unspecified atom stereocenters. The molecule has 4 nitrogen and oxygen atoms in total. The van der Waals surface area contributed by atoms with Crippen LogP contribution in [0.3, 0.4) is 0 Å². The second kappa shape index (κ2) is 7.41. The number of benzene rings is 1. The molecule has 1 heterocycles. The Morgan fingerprint density at radius 3 is 2.80 bits per heavy atom. The second-order valence-corrected chi connectivity index (χ2v) is 5.03. The van der Waals surface area contributed by atoms with E-state index in [0.29, 0.717) is 6.04 Å². The van der Waals surface area contributed by atoms with Crippen molar-refractivity contribution in [3.05, 3.63) is 30.0 Å². The molecule has 0 spiro atoms. The lowest BCUT2D eigenvalue weighted by molar-refractivity contribution is 0.163. The van der Waals surface area contributed by atoms with Gasteiger partial charge < -0.3 is 10.1 Å². The summed E-state index contributed by atoms with van der Waals surface area (Å²) in [5.41, 5.74) is 2.43. The highest BCUT2D eigenvalue weighted by Crippen LogP contribution is 2.20. The summed E-state index contributed by atoms with van der Waals surface area (Å²) in [7, 11) is 1.76. The average molecular weight is 275 g/mol. The Kier molecular flexibility index (Phi) is 5.56. The first kappa shape index (κ1) is 15.0. The lowest BCUT2D eigenvalue weighted by atomic mass is 10.1. The maximum Gasteiger partial charge on any atom is 0.0703 e. The summed E-state index contributed by atoms with van der Waals surface area (Å²) in [6, 6.07) is 8.88. The van der Waals surface area contributed by atoms with Gasteiger partial charge in [0, 0.05) is 25.1 Å². The molecule has 0 radical (unpaired) electrons. The Bertz CT molecular complexity index is 530. The van der Waals surface area contributed by atoms with Gasteiger partial charge in [-0.15, -0.1) is 0 Å². The molecule has 0 amide bonds. The molecule has 20 heavy (non-hydrogen) atoms. The molecule has 2 aromatic rings. The Morgan fingerprint density at radius 2 is 2.10 bits per heavy atom. The molecule has 1 aromatic carbocycles. The third-order valence-corrected chi connectivity index (χ3v) is 3.62. The van der Waals surface area contributed by atoms with Gasteiger partial charge in [-0.3, -0.25) is 4.68 Å². The number of hydrogen-bond acceptors (Lipinski definition) is 3. The van der Waals surface area contributed by atoms with E-state index in [-0.39, 0.29) is 0 Å². The third kappa shape index (κ3) is 3.38. The zero-order valence-corrected chi connectivity index (χ0v) is 12.7. The minimum Gasteiger partial charge on any atom is -0.383 e. The van der Waals surface area contributed by atoms with Gasteiger partial charge in [0.15, 0.2) is 0 Å². The molecule has 4 heteroatoms. The van der Waals surface area contributed by atoms with E-state index in [1.165, 1.54) is 16.6 Å². The van der Waals surface area contributed by atoms with Crippen LogP contribution in [0.4, 0.5) is 0 Å². The standard InChI is InChI=1S/C16H25N3O/c1-4-17-13(12-20-3)10-11-15-14-8-6-7-9-16(14)19(5-2)18-15/h6-9,13,17H,4-5,10-12H2,1-3H3. The fraction of sp³-hybridized carbons (Fsp3) is 0.562. The highest BCUT2D eigenvalue weighted by molar-refractivity contribution is 5.81. The molecule has 0 saturated carbocycles. The number of ether oxygens (including phenoxy) is 1. The molecule has 1 aromatic heterocycles. The normalized spacial score (nSPS) is 12.9. The predicted octanol–water partition coefficient (Wildman–Crippen LogP) is 2.61. The van der Waals surface area contributed by atoms with Gasteiger partial charge in [0.25, 0.3) is 0 Å². The molecule has 0 aliphatic carbocycles. The van der Waals surface area contributed by atoms with Crippen LogP contribution in [0.25, 0.3) is 10.9 Å². The Morgan fingerprint density at radius 1 is 1.30 bits per heavy atom. The molecule has 2 rings (SSSR count). The number of aryl methyl sites for hydroxylation is 2. The molecule has 0 saturated heterocycles. The van der Waals surface area contributed by atoms with Crippen molar-refractivity contribution in [2.45, 2.75) is 39.3 Å². The molecular formula is C16H25N3O. The summed E-state index contributed by atoms with van der Waals surface area (Å²) in [4.78, 5) is 0. The summed E-state index contributed by atoms with van der Waals surface area (Å²) in [5.74, 6) is 0. The van der Waals surface area contributed by atoms with E-state index in [2.05, 4.69) is 48.1 Å². The van der Waals surface area contributed by atoms with Crippen molar-refractivity contribution in [2.24, 2.45) is 0 Å². The number of methoxy groups -OCH3 is 1. The molecule has 110 valence electrons. The summed E-state index contributed by atoms with van der Waals surface area (Å²) in [6.45, 7) is 6.90. The fourth-order valence-corrected chi connectivity index (χ4v) is 2.67. The van der Waals surface area contributed by atoms with Crippen molar-refractivity contribution in [1.82, 2.24) is 15.1 Å². The van der Waals surface area contributed by atoms with Gasteiger partial charge >= 0.3 is 0 Å². The van der Waals surface area contributed by atoms with Crippen LogP contribution in [0.15, 0.2) is 24.3 Å².